The summed E-state index contributed by atoms with van der Waals surface area (Å²) in [5.74, 6) is 1.94. The molecular weight excluding hydrogens is 324 g/mol. The first kappa shape index (κ1) is 16.4. The van der Waals surface area contributed by atoms with E-state index in [1.54, 1.807) is 6.33 Å². The van der Waals surface area contributed by atoms with Crippen LogP contribution in [0.1, 0.15) is 22.4 Å². The molecule has 0 aromatic carbocycles. The van der Waals surface area contributed by atoms with E-state index in [0.717, 1.165) is 49.8 Å². The molecule has 0 spiro atoms. The summed E-state index contributed by atoms with van der Waals surface area (Å²) >= 11 is 0. The zero-order chi connectivity index (χ0) is 17.8. The Labute approximate surface area is 153 Å². The normalized spacial score (nSPS) is 13.3. The van der Waals surface area contributed by atoms with Gasteiger partial charge in [0, 0.05) is 50.2 Å². The van der Waals surface area contributed by atoms with Crippen LogP contribution in [0.3, 0.4) is 0 Å². The Morgan fingerprint density at radius 1 is 1.08 bits per heavy atom. The van der Waals surface area contributed by atoms with Gasteiger partial charge in [-0.1, -0.05) is 6.07 Å². The highest BCUT2D eigenvalue weighted by atomic mass is 15.2. The maximum Gasteiger partial charge on any atom is 0.134 e. The van der Waals surface area contributed by atoms with Crippen molar-refractivity contribution in [2.45, 2.75) is 26.3 Å². The van der Waals surface area contributed by atoms with Crippen LogP contribution in [-0.2, 0) is 19.4 Å². The van der Waals surface area contributed by atoms with Crippen molar-refractivity contribution >= 4 is 11.6 Å². The summed E-state index contributed by atoms with van der Waals surface area (Å²) in [5, 5.41) is 3.48. The average Bonchev–Trinajstić information content (AvgIpc) is 2.69. The van der Waals surface area contributed by atoms with Crippen molar-refractivity contribution in [1.82, 2.24) is 19.9 Å². The summed E-state index contributed by atoms with van der Waals surface area (Å²) in [6, 6.07) is 8.28. The van der Waals surface area contributed by atoms with Gasteiger partial charge in [-0.05, 0) is 42.7 Å². The van der Waals surface area contributed by atoms with Crippen molar-refractivity contribution in [2.24, 2.45) is 0 Å². The quantitative estimate of drug-likeness (QED) is 0.766. The van der Waals surface area contributed by atoms with Gasteiger partial charge < -0.3 is 10.2 Å². The molecule has 0 aliphatic carbocycles. The van der Waals surface area contributed by atoms with Crippen molar-refractivity contribution < 1.29 is 0 Å². The van der Waals surface area contributed by atoms with Gasteiger partial charge in [0.1, 0.15) is 18.0 Å². The zero-order valence-electron chi connectivity index (χ0n) is 14.9. The SMILES string of the molecule is Cc1ccc(N2CCc3ncnc(NCCc4ccncc4)c3C2)nc1. The highest BCUT2D eigenvalue weighted by Crippen LogP contribution is 2.26. The molecule has 4 heterocycles. The smallest absolute Gasteiger partial charge is 0.134 e. The zero-order valence-corrected chi connectivity index (χ0v) is 14.9. The number of rotatable bonds is 5. The molecule has 4 rings (SSSR count). The summed E-state index contributed by atoms with van der Waals surface area (Å²) in [7, 11) is 0. The summed E-state index contributed by atoms with van der Waals surface area (Å²) in [5.41, 5.74) is 4.75. The van der Waals surface area contributed by atoms with Gasteiger partial charge in [0.2, 0.25) is 0 Å². The fraction of sp³-hybridized carbons (Fsp3) is 0.300. The third-order valence-electron chi connectivity index (χ3n) is 4.68. The molecule has 3 aromatic rings. The highest BCUT2D eigenvalue weighted by Gasteiger charge is 2.21. The number of hydrogen-bond donors (Lipinski definition) is 1. The molecule has 132 valence electrons. The van der Waals surface area contributed by atoms with Crippen LogP contribution < -0.4 is 10.2 Å². The monoisotopic (exact) mass is 346 g/mol. The van der Waals surface area contributed by atoms with Gasteiger partial charge in [-0.2, -0.15) is 0 Å². The van der Waals surface area contributed by atoms with Crippen LogP contribution >= 0.6 is 0 Å². The van der Waals surface area contributed by atoms with Gasteiger partial charge in [0.25, 0.3) is 0 Å². The van der Waals surface area contributed by atoms with Gasteiger partial charge >= 0.3 is 0 Å². The molecular formula is C20H22N6. The third kappa shape index (κ3) is 3.64. The van der Waals surface area contributed by atoms with E-state index in [9.17, 15) is 0 Å². The Morgan fingerprint density at radius 2 is 1.96 bits per heavy atom. The largest absolute Gasteiger partial charge is 0.369 e. The number of aryl methyl sites for hydroxylation is 1. The van der Waals surface area contributed by atoms with E-state index in [2.05, 4.69) is 49.2 Å². The number of hydrogen-bond acceptors (Lipinski definition) is 6. The van der Waals surface area contributed by atoms with Gasteiger partial charge in [-0.3, -0.25) is 4.98 Å². The Hall–Kier alpha value is -3.02. The Morgan fingerprint density at radius 3 is 2.77 bits per heavy atom. The molecule has 0 radical (unpaired) electrons. The third-order valence-corrected chi connectivity index (χ3v) is 4.68. The minimum absolute atomic E-state index is 0.782. The number of aromatic nitrogens is 4. The van der Waals surface area contributed by atoms with Crippen LogP contribution in [-0.4, -0.2) is 33.0 Å². The Kier molecular flexibility index (Phi) is 4.73. The van der Waals surface area contributed by atoms with Crippen LogP contribution in [0.5, 0.6) is 0 Å². The second-order valence-electron chi connectivity index (χ2n) is 6.55. The number of anilines is 2. The first-order chi connectivity index (χ1) is 12.8. The maximum atomic E-state index is 4.57. The van der Waals surface area contributed by atoms with Crippen LogP contribution in [0, 0.1) is 6.92 Å². The van der Waals surface area contributed by atoms with E-state index >= 15 is 0 Å². The van der Waals surface area contributed by atoms with E-state index in [1.165, 1.54) is 16.7 Å². The van der Waals surface area contributed by atoms with Crippen LogP contribution in [0.25, 0.3) is 0 Å². The first-order valence-corrected chi connectivity index (χ1v) is 8.93. The fourth-order valence-electron chi connectivity index (χ4n) is 3.21. The molecule has 0 atom stereocenters. The van der Waals surface area contributed by atoms with E-state index < -0.39 is 0 Å². The Balaban J connectivity index is 1.47. The lowest BCUT2D eigenvalue weighted by Crippen LogP contribution is -2.32. The standard InChI is InChI=1S/C20H22N6/c1-15-2-3-19(23-12-15)26-11-7-18-17(13-26)20(25-14-24-18)22-10-6-16-4-8-21-9-5-16/h2-5,8-9,12,14H,6-7,10-11,13H2,1H3,(H,22,24,25). The van der Waals surface area contributed by atoms with Crippen LogP contribution in [0.4, 0.5) is 11.6 Å². The van der Waals surface area contributed by atoms with Crippen molar-refractivity contribution in [2.75, 3.05) is 23.3 Å². The topological polar surface area (TPSA) is 66.8 Å². The number of nitrogens with zero attached hydrogens (tertiary/aromatic N) is 5. The lowest BCUT2D eigenvalue weighted by Gasteiger charge is -2.30. The van der Waals surface area contributed by atoms with Gasteiger partial charge in [-0.25, -0.2) is 15.0 Å². The van der Waals surface area contributed by atoms with Gasteiger partial charge in [0.05, 0.1) is 5.69 Å². The first-order valence-electron chi connectivity index (χ1n) is 8.93. The van der Waals surface area contributed by atoms with Crippen molar-refractivity contribution in [3.8, 4) is 0 Å². The minimum atomic E-state index is 0.782. The Bertz CT molecular complexity index is 863. The molecule has 0 bridgehead atoms. The summed E-state index contributed by atoms with van der Waals surface area (Å²) in [6.45, 7) is 4.59. The number of pyridine rings is 2. The van der Waals surface area contributed by atoms with E-state index in [1.807, 2.05) is 30.7 Å². The van der Waals surface area contributed by atoms with E-state index in [-0.39, 0.29) is 0 Å². The highest BCUT2D eigenvalue weighted by molar-refractivity contribution is 5.52. The van der Waals surface area contributed by atoms with Gasteiger partial charge in [-0.15, -0.1) is 0 Å². The molecule has 1 aliphatic heterocycles. The van der Waals surface area contributed by atoms with Crippen molar-refractivity contribution in [3.63, 3.8) is 0 Å². The van der Waals surface area contributed by atoms with Crippen molar-refractivity contribution in [1.29, 1.82) is 0 Å². The second-order valence-corrected chi connectivity index (χ2v) is 6.55. The molecule has 0 fully saturated rings. The average molecular weight is 346 g/mol. The predicted octanol–water partition coefficient (Wildman–Crippen LogP) is 2.79. The number of fused-ring (bicyclic) bond motifs is 1. The molecule has 6 nitrogen and oxygen atoms in total. The molecule has 0 amide bonds. The summed E-state index contributed by atoms with van der Waals surface area (Å²) < 4.78 is 0. The number of nitrogens with one attached hydrogen (secondary N) is 1. The van der Waals surface area contributed by atoms with Crippen LogP contribution in [0.15, 0.2) is 49.2 Å². The lowest BCUT2D eigenvalue weighted by molar-refractivity contribution is 0.697. The fourth-order valence-corrected chi connectivity index (χ4v) is 3.21. The summed E-state index contributed by atoms with van der Waals surface area (Å²) in [6.07, 6.45) is 9.08. The van der Waals surface area contributed by atoms with E-state index in [4.69, 9.17) is 0 Å². The predicted molar refractivity (Wildman–Crippen MR) is 102 cm³/mol. The van der Waals surface area contributed by atoms with Crippen molar-refractivity contribution in [3.05, 3.63) is 71.6 Å². The van der Waals surface area contributed by atoms with Crippen LogP contribution in [0.2, 0.25) is 0 Å². The van der Waals surface area contributed by atoms with Gasteiger partial charge in [0.15, 0.2) is 0 Å². The lowest BCUT2D eigenvalue weighted by atomic mass is 10.1. The molecule has 1 N–H and O–H groups in total. The molecule has 0 saturated heterocycles. The minimum Gasteiger partial charge on any atom is -0.369 e. The molecule has 26 heavy (non-hydrogen) atoms. The summed E-state index contributed by atoms with van der Waals surface area (Å²) in [4.78, 5) is 19.9. The molecule has 3 aromatic heterocycles. The maximum absolute atomic E-state index is 4.57. The second kappa shape index (κ2) is 7.47. The molecule has 0 unspecified atom stereocenters. The van der Waals surface area contributed by atoms with E-state index in [0.29, 0.717) is 0 Å². The molecule has 0 saturated carbocycles. The molecule has 6 heteroatoms. The molecule has 1 aliphatic rings.